The van der Waals surface area contributed by atoms with Crippen LogP contribution in [0, 0.1) is 0 Å². The highest BCUT2D eigenvalue weighted by atomic mass is 32.2. The number of nitrogens with zero attached hydrogens (tertiary/aromatic N) is 1. The Morgan fingerprint density at radius 2 is 1.84 bits per heavy atom. The molecule has 0 saturated heterocycles. The maximum Gasteiger partial charge on any atom is 0.416 e. The van der Waals surface area contributed by atoms with Gasteiger partial charge in [-0.15, -0.1) is 11.8 Å². The first kappa shape index (κ1) is 21.0. The molecule has 3 aromatic carbocycles. The maximum absolute atomic E-state index is 13.4. The molecule has 0 aliphatic rings. The Labute approximate surface area is 180 Å². The molecule has 1 aromatic heterocycles. The van der Waals surface area contributed by atoms with E-state index in [0.29, 0.717) is 16.6 Å². The molecule has 1 heterocycles. The highest BCUT2D eigenvalue weighted by molar-refractivity contribution is 7.99. The van der Waals surface area contributed by atoms with E-state index in [0.717, 1.165) is 28.1 Å². The van der Waals surface area contributed by atoms with Crippen molar-refractivity contribution in [2.75, 3.05) is 0 Å². The second-order valence-electron chi connectivity index (χ2n) is 6.98. The molecule has 158 valence electrons. The zero-order valence-corrected chi connectivity index (χ0v) is 16.9. The van der Waals surface area contributed by atoms with Gasteiger partial charge in [0.05, 0.1) is 34.6 Å². The van der Waals surface area contributed by atoms with Gasteiger partial charge in [-0.25, -0.2) is 4.98 Å². The Morgan fingerprint density at radius 3 is 2.61 bits per heavy atom. The Bertz CT molecular complexity index is 1240. The van der Waals surface area contributed by atoms with Gasteiger partial charge in [-0.3, -0.25) is 4.79 Å². The number of aliphatic carboxylic acids is 1. The molecule has 4 aromatic rings. The zero-order chi connectivity index (χ0) is 22.0. The van der Waals surface area contributed by atoms with Gasteiger partial charge >= 0.3 is 12.1 Å². The zero-order valence-electron chi connectivity index (χ0n) is 16.1. The van der Waals surface area contributed by atoms with Gasteiger partial charge in [0.1, 0.15) is 0 Å². The summed E-state index contributed by atoms with van der Waals surface area (Å²) in [6.07, 6.45) is -3.03. The number of hydrogen-bond donors (Lipinski definition) is 2. The van der Waals surface area contributed by atoms with E-state index >= 15 is 0 Å². The van der Waals surface area contributed by atoms with Crippen molar-refractivity contribution < 1.29 is 23.1 Å². The molecular weight excluding hydrogens is 425 g/mol. The van der Waals surface area contributed by atoms with Crippen molar-refractivity contribution >= 4 is 28.8 Å². The van der Waals surface area contributed by atoms with Crippen molar-refractivity contribution in [3.05, 3.63) is 95.3 Å². The van der Waals surface area contributed by atoms with Crippen molar-refractivity contribution in [3.8, 4) is 0 Å². The van der Waals surface area contributed by atoms with Crippen molar-refractivity contribution in [2.45, 2.75) is 22.7 Å². The molecule has 1 unspecified atom stereocenters. The standard InChI is InChI=1S/C23H17F3N2O2S/c24-23(25,26)16-6-2-5-15(12-16)22(18-8-3-9-19-21(18)28-13-27-19)31-17-7-1-4-14(10-17)11-20(29)30/h1-10,12-13,22H,11H2,(H,27,28)(H,29,30). The number of alkyl halides is 3. The maximum atomic E-state index is 13.4. The topological polar surface area (TPSA) is 66.0 Å². The lowest BCUT2D eigenvalue weighted by Crippen LogP contribution is -2.07. The number of carboxylic acid groups (broad SMARTS) is 1. The third-order valence-electron chi connectivity index (χ3n) is 4.79. The summed E-state index contributed by atoms with van der Waals surface area (Å²) in [5.74, 6) is -0.946. The van der Waals surface area contributed by atoms with Crippen molar-refractivity contribution in [3.63, 3.8) is 0 Å². The Morgan fingerprint density at radius 1 is 1.06 bits per heavy atom. The second kappa shape index (κ2) is 8.47. The fourth-order valence-corrected chi connectivity index (χ4v) is 4.68. The Hall–Kier alpha value is -3.26. The van der Waals surface area contributed by atoms with Crippen LogP contribution in [0.1, 0.15) is 27.5 Å². The number of H-pyrrole nitrogens is 1. The predicted octanol–water partition coefficient (Wildman–Crippen LogP) is 6.09. The third-order valence-corrected chi connectivity index (χ3v) is 6.08. The summed E-state index contributed by atoms with van der Waals surface area (Å²) in [5, 5.41) is 8.59. The highest BCUT2D eigenvalue weighted by Crippen LogP contribution is 2.44. The quantitative estimate of drug-likeness (QED) is 0.355. The van der Waals surface area contributed by atoms with Crippen LogP contribution >= 0.6 is 11.8 Å². The van der Waals surface area contributed by atoms with E-state index in [9.17, 15) is 18.0 Å². The number of fused-ring (bicyclic) bond motifs is 1. The molecule has 4 nitrogen and oxygen atoms in total. The molecule has 0 bridgehead atoms. The van der Waals surface area contributed by atoms with Crippen molar-refractivity contribution in [1.82, 2.24) is 9.97 Å². The van der Waals surface area contributed by atoms with Gasteiger partial charge in [-0.05, 0) is 41.0 Å². The number of benzene rings is 3. The minimum Gasteiger partial charge on any atom is -0.481 e. The van der Waals surface area contributed by atoms with E-state index in [1.165, 1.54) is 17.8 Å². The number of hydrogen-bond acceptors (Lipinski definition) is 3. The van der Waals surface area contributed by atoms with Crippen LogP contribution in [0.5, 0.6) is 0 Å². The predicted molar refractivity (Wildman–Crippen MR) is 113 cm³/mol. The third kappa shape index (κ3) is 4.74. The fraction of sp³-hybridized carbons (Fsp3) is 0.130. The molecule has 4 rings (SSSR count). The number of halogens is 3. The normalized spacial score (nSPS) is 12.7. The lowest BCUT2D eigenvalue weighted by molar-refractivity contribution is -0.138. The van der Waals surface area contributed by atoms with Gasteiger partial charge in [0, 0.05) is 4.90 Å². The van der Waals surface area contributed by atoms with E-state index in [-0.39, 0.29) is 6.42 Å². The molecule has 31 heavy (non-hydrogen) atoms. The molecule has 0 spiro atoms. The van der Waals surface area contributed by atoms with Crippen LogP contribution in [0.25, 0.3) is 11.0 Å². The molecule has 1 atom stereocenters. The Kier molecular flexibility index (Phi) is 5.73. The van der Waals surface area contributed by atoms with E-state index < -0.39 is 23.0 Å². The molecular formula is C23H17F3N2O2S. The van der Waals surface area contributed by atoms with Crippen LogP contribution in [-0.2, 0) is 17.4 Å². The summed E-state index contributed by atoms with van der Waals surface area (Å²) in [7, 11) is 0. The van der Waals surface area contributed by atoms with Crippen molar-refractivity contribution in [2.24, 2.45) is 0 Å². The van der Waals surface area contributed by atoms with Crippen molar-refractivity contribution in [1.29, 1.82) is 0 Å². The molecule has 0 amide bonds. The number of aromatic amines is 1. The van der Waals surface area contributed by atoms with Crippen LogP contribution in [0.15, 0.2) is 78.0 Å². The summed E-state index contributed by atoms with van der Waals surface area (Å²) in [6.45, 7) is 0. The van der Waals surface area contributed by atoms with Crippen LogP contribution in [0.2, 0.25) is 0 Å². The highest BCUT2D eigenvalue weighted by Gasteiger charge is 2.31. The van der Waals surface area contributed by atoms with E-state index in [2.05, 4.69) is 9.97 Å². The van der Waals surface area contributed by atoms with Gasteiger partial charge in [0.25, 0.3) is 0 Å². The largest absolute Gasteiger partial charge is 0.481 e. The summed E-state index contributed by atoms with van der Waals surface area (Å²) in [4.78, 5) is 19.2. The van der Waals surface area contributed by atoms with Gasteiger partial charge in [0.15, 0.2) is 0 Å². The molecule has 2 N–H and O–H groups in total. The smallest absolute Gasteiger partial charge is 0.416 e. The number of nitrogens with one attached hydrogen (secondary N) is 1. The number of thioether (sulfide) groups is 1. The minimum atomic E-state index is -4.45. The summed E-state index contributed by atoms with van der Waals surface area (Å²) < 4.78 is 40.1. The van der Waals surface area contributed by atoms with Gasteiger partial charge in [0.2, 0.25) is 0 Å². The first-order chi connectivity index (χ1) is 14.8. The number of carbonyl (C=O) groups is 1. The molecule has 0 aliphatic carbocycles. The second-order valence-corrected chi connectivity index (χ2v) is 8.16. The van der Waals surface area contributed by atoms with Crippen LogP contribution in [-0.4, -0.2) is 21.0 Å². The first-order valence-electron chi connectivity index (χ1n) is 9.38. The summed E-state index contributed by atoms with van der Waals surface area (Å²) in [5.41, 5.74) is 2.63. The lowest BCUT2D eigenvalue weighted by atomic mass is 10.0. The average Bonchev–Trinajstić information content (AvgIpc) is 3.20. The molecule has 8 heteroatoms. The summed E-state index contributed by atoms with van der Waals surface area (Å²) in [6, 6.07) is 17.8. The van der Waals surface area contributed by atoms with Gasteiger partial charge < -0.3 is 10.1 Å². The average molecular weight is 442 g/mol. The van der Waals surface area contributed by atoms with E-state index in [1.54, 1.807) is 30.6 Å². The summed E-state index contributed by atoms with van der Waals surface area (Å²) >= 11 is 1.36. The Balaban J connectivity index is 1.81. The van der Waals surface area contributed by atoms with Crippen LogP contribution in [0.3, 0.4) is 0 Å². The van der Waals surface area contributed by atoms with Crippen LogP contribution < -0.4 is 0 Å². The molecule has 0 radical (unpaired) electrons. The lowest BCUT2D eigenvalue weighted by Gasteiger charge is -2.20. The van der Waals surface area contributed by atoms with E-state index in [1.807, 2.05) is 24.3 Å². The molecule has 0 aliphatic heterocycles. The SMILES string of the molecule is O=C(O)Cc1cccc(SC(c2cccc(C(F)(F)F)c2)c2cccc3[nH]cnc23)c1. The van der Waals surface area contributed by atoms with E-state index in [4.69, 9.17) is 5.11 Å². The molecule has 0 fully saturated rings. The first-order valence-corrected chi connectivity index (χ1v) is 10.3. The fourth-order valence-electron chi connectivity index (χ4n) is 3.43. The van der Waals surface area contributed by atoms with Crippen LogP contribution in [0.4, 0.5) is 13.2 Å². The minimum absolute atomic E-state index is 0.127. The number of rotatable bonds is 6. The molecule has 0 saturated carbocycles. The number of para-hydroxylation sites is 1. The number of carboxylic acids is 1. The monoisotopic (exact) mass is 442 g/mol. The van der Waals surface area contributed by atoms with Gasteiger partial charge in [-0.2, -0.15) is 13.2 Å². The number of aromatic nitrogens is 2. The number of imidazole rings is 1. The van der Waals surface area contributed by atoms with Gasteiger partial charge in [-0.1, -0.05) is 42.5 Å².